The molecule has 0 rings (SSSR count). The summed E-state index contributed by atoms with van der Waals surface area (Å²) in [6.07, 6.45) is 51.7. The molecule has 4 N–H and O–H groups in total. The summed E-state index contributed by atoms with van der Waals surface area (Å²) in [6, 6.07) is -1.57. The van der Waals surface area contributed by atoms with Gasteiger partial charge in [-0.15, -0.1) is 0 Å². The van der Waals surface area contributed by atoms with Crippen LogP contribution >= 0.6 is 7.82 Å². The number of carbonyl (C=O) groups excluding carboxylic acids is 2. The number of ether oxygens (including phenoxy) is 1. The minimum absolute atomic E-state index is 0.101. The van der Waals surface area contributed by atoms with Crippen molar-refractivity contribution in [1.82, 2.24) is 5.32 Å². The minimum Gasteiger partial charge on any atom is -0.480 e. The molecule has 0 bridgehead atoms. The lowest BCUT2D eigenvalue weighted by molar-refractivity contribution is -0.147. The predicted octanol–water partition coefficient (Wildman–Crippen LogP) is 11.9. The second-order valence-corrected chi connectivity index (χ2v) is 16.3. The summed E-state index contributed by atoms with van der Waals surface area (Å²) in [5, 5.41) is 21.8. The molecule has 0 aromatic carbocycles. The highest BCUT2D eigenvalue weighted by Crippen LogP contribution is 2.43. The largest absolute Gasteiger partial charge is 0.480 e. The van der Waals surface area contributed by atoms with Crippen molar-refractivity contribution in [3.63, 3.8) is 0 Å². The first kappa shape index (κ1) is 56.7. The Morgan fingerprint density at radius 3 is 1.47 bits per heavy atom. The molecule has 0 aliphatic heterocycles. The molecule has 60 heavy (non-hydrogen) atoms. The summed E-state index contributed by atoms with van der Waals surface area (Å²) in [5.74, 6) is -2.44. The number of aliphatic hydroxyl groups excluding tert-OH is 1. The standard InChI is InChI=1S/C48H80NO10P/c1-3-5-7-9-11-13-15-17-19-21-22-24-25-27-29-31-33-35-37-39-46(51)49-45(48(53)54)43-59-60(55,56)58-42-44(50)41-57-47(52)40-38-36-34-32-30-28-26-23-20-18-16-14-12-10-8-6-4-2/h5,7,11-14,17-20,22,24,27,29,44-45,50H,3-4,6,8-10,15-16,21,23,25-26,28,30-43H2,1-2H3,(H,49,51)(H,53,54)(H,55,56)/b7-5-,13-11-,14-12-,19-17-,20-18-,24-22-,29-27-. The molecule has 342 valence electrons. The molecule has 11 nitrogen and oxygen atoms in total. The molecule has 0 heterocycles. The Kier molecular flexibility index (Phi) is 40.0. The van der Waals surface area contributed by atoms with E-state index in [9.17, 15) is 34.1 Å². The number of unbranched alkanes of at least 4 members (excludes halogenated alkanes) is 13. The maximum atomic E-state index is 12.3. The predicted molar refractivity (Wildman–Crippen MR) is 244 cm³/mol. The molecule has 0 aromatic heterocycles. The molecule has 0 saturated carbocycles. The highest BCUT2D eigenvalue weighted by atomic mass is 31.2. The molecule has 0 saturated heterocycles. The summed E-state index contributed by atoms with van der Waals surface area (Å²) in [5.41, 5.74) is 0. The van der Waals surface area contributed by atoms with Gasteiger partial charge in [-0.25, -0.2) is 9.36 Å². The molecule has 0 spiro atoms. The number of carboxylic acid groups (broad SMARTS) is 1. The molecule has 0 aromatic rings. The van der Waals surface area contributed by atoms with Gasteiger partial charge in [-0.1, -0.05) is 150 Å². The van der Waals surface area contributed by atoms with Crippen molar-refractivity contribution >= 4 is 25.7 Å². The molecule has 3 atom stereocenters. The minimum atomic E-state index is -4.77. The number of aliphatic hydroxyl groups is 1. The molecule has 1 amide bonds. The number of phosphoric ester groups is 1. The van der Waals surface area contributed by atoms with E-state index in [-0.39, 0.29) is 12.8 Å². The van der Waals surface area contributed by atoms with E-state index in [1.807, 2.05) is 0 Å². The lowest BCUT2D eigenvalue weighted by Gasteiger charge is -2.18. The number of hydrogen-bond acceptors (Lipinski definition) is 8. The van der Waals surface area contributed by atoms with Gasteiger partial charge in [0.15, 0.2) is 6.04 Å². The third-order valence-electron chi connectivity index (χ3n) is 9.17. The number of amides is 1. The van der Waals surface area contributed by atoms with Gasteiger partial charge in [0.1, 0.15) is 12.7 Å². The van der Waals surface area contributed by atoms with Crippen molar-refractivity contribution in [1.29, 1.82) is 0 Å². The van der Waals surface area contributed by atoms with E-state index in [0.29, 0.717) is 12.8 Å². The van der Waals surface area contributed by atoms with Crippen LogP contribution in [0.2, 0.25) is 0 Å². The van der Waals surface area contributed by atoms with Crippen LogP contribution in [0.1, 0.15) is 168 Å². The van der Waals surface area contributed by atoms with Crippen LogP contribution in [0.15, 0.2) is 85.1 Å². The quantitative estimate of drug-likeness (QED) is 0.0201. The van der Waals surface area contributed by atoms with Gasteiger partial charge in [0.25, 0.3) is 0 Å². The van der Waals surface area contributed by atoms with E-state index < -0.39 is 57.6 Å². The van der Waals surface area contributed by atoms with Crippen LogP contribution in [0, 0.1) is 0 Å². The van der Waals surface area contributed by atoms with Crippen LogP contribution in [0.3, 0.4) is 0 Å². The number of hydrogen-bond donors (Lipinski definition) is 4. The fourth-order valence-electron chi connectivity index (χ4n) is 5.66. The fourth-order valence-corrected chi connectivity index (χ4v) is 6.44. The van der Waals surface area contributed by atoms with E-state index in [2.05, 4.69) is 104 Å². The first-order chi connectivity index (χ1) is 29.1. The monoisotopic (exact) mass is 862 g/mol. The van der Waals surface area contributed by atoms with Crippen LogP contribution < -0.4 is 5.32 Å². The van der Waals surface area contributed by atoms with Gasteiger partial charge in [0, 0.05) is 12.8 Å². The van der Waals surface area contributed by atoms with Crippen LogP contribution in [0.5, 0.6) is 0 Å². The normalized spacial score (nSPS) is 14.5. The van der Waals surface area contributed by atoms with Crippen molar-refractivity contribution in [2.45, 2.75) is 180 Å². The van der Waals surface area contributed by atoms with Crippen molar-refractivity contribution in [2.24, 2.45) is 0 Å². The first-order valence-electron chi connectivity index (χ1n) is 22.6. The van der Waals surface area contributed by atoms with E-state index >= 15 is 0 Å². The Labute approximate surface area is 362 Å². The maximum absolute atomic E-state index is 12.3. The number of phosphoric acid groups is 1. The molecular formula is C48H80NO10P. The van der Waals surface area contributed by atoms with Gasteiger partial charge in [0.2, 0.25) is 5.91 Å². The summed E-state index contributed by atoms with van der Waals surface area (Å²) >= 11 is 0. The number of allylic oxidation sites excluding steroid dienone is 14. The molecule has 12 heteroatoms. The van der Waals surface area contributed by atoms with Gasteiger partial charge in [0.05, 0.1) is 13.2 Å². The zero-order valence-corrected chi connectivity index (χ0v) is 37.9. The van der Waals surface area contributed by atoms with Crippen LogP contribution in [0.4, 0.5) is 0 Å². The second kappa shape index (κ2) is 42.4. The molecule has 3 unspecified atom stereocenters. The topological polar surface area (TPSA) is 169 Å². The zero-order valence-electron chi connectivity index (χ0n) is 37.0. The van der Waals surface area contributed by atoms with E-state index in [1.54, 1.807) is 0 Å². The highest BCUT2D eigenvalue weighted by Gasteiger charge is 2.28. The van der Waals surface area contributed by atoms with Crippen LogP contribution in [-0.4, -0.2) is 64.9 Å². The van der Waals surface area contributed by atoms with E-state index in [1.165, 1.54) is 44.9 Å². The Hall–Kier alpha value is -3.34. The molecule has 0 fully saturated rings. The Balaban J connectivity index is 3.98. The number of rotatable bonds is 41. The van der Waals surface area contributed by atoms with E-state index in [4.69, 9.17) is 13.8 Å². The smallest absolute Gasteiger partial charge is 0.472 e. The van der Waals surface area contributed by atoms with Crippen LogP contribution in [-0.2, 0) is 32.7 Å². The number of esters is 1. The second-order valence-electron chi connectivity index (χ2n) is 14.9. The van der Waals surface area contributed by atoms with Crippen molar-refractivity contribution < 1.29 is 47.8 Å². The summed E-state index contributed by atoms with van der Waals surface area (Å²) in [7, 11) is -4.77. The Morgan fingerprint density at radius 2 is 0.967 bits per heavy atom. The average molecular weight is 862 g/mol. The van der Waals surface area contributed by atoms with Crippen molar-refractivity contribution in [3.8, 4) is 0 Å². The molecule has 0 aliphatic rings. The lowest BCUT2D eigenvalue weighted by Crippen LogP contribution is -2.43. The number of carboxylic acids is 1. The van der Waals surface area contributed by atoms with Crippen molar-refractivity contribution in [3.05, 3.63) is 85.1 Å². The number of carbonyl (C=O) groups is 3. The Bertz CT molecular complexity index is 1340. The highest BCUT2D eigenvalue weighted by molar-refractivity contribution is 7.47. The summed E-state index contributed by atoms with van der Waals surface area (Å²) in [6.45, 7) is 2.41. The Morgan fingerprint density at radius 1 is 0.550 bits per heavy atom. The maximum Gasteiger partial charge on any atom is 0.472 e. The van der Waals surface area contributed by atoms with Gasteiger partial charge < -0.3 is 25.2 Å². The zero-order chi connectivity index (χ0) is 44.2. The van der Waals surface area contributed by atoms with Gasteiger partial charge in [-0.2, -0.15) is 0 Å². The lowest BCUT2D eigenvalue weighted by atomic mass is 10.1. The molecule has 0 radical (unpaired) electrons. The van der Waals surface area contributed by atoms with Gasteiger partial charge >= 0.3 is 19.8 Å². The third-order valence-corrected chi connectivity index (χ3v) is 10.1. The SMILES string of the molecule is CC/C=C\C/C=C\C/C=C\C/C=C\C/C=C\CCCCCC(=O)NC(COP(=O)(O)OCC(O)COC(=O)CCCCCCCCC/C=C\C/C=C\CCCCC)C(=O)O. The van der Waals surface area contributed by atoms with E-state index in [0.717, 1.165) is 83.5 Å². The van der Waals surface area contributed by atoms with Crippen molar-refractivity contribution in [2.75, 3.05) is 19.8 Å². The molecule has 0 aliphatic carbocycles. The number of aliphatic carboxylic acids is 1. The van der Waals surface area contributed by atoms with Gasteiger partial charge in [-0.3, -0.25) is 18.6 Å². The average Bonchev–Trinajstić information content (AvgIpc) is 3.22. The summed E-state index contributed by atoms with van der Waals surface area (Å²) < 4.78 is 26.8. The summed E-state index contributed by atoms with van der Waals surface area (Å²) in [4.78, 5) is 46.0. The van der Waals surface area contributed by atoms with Crippen LogP contribution in [0.25, 0.3) is 0 Å². The van der Waals surface area contributed by atoms with Gasteiger partial charge in [-0.05, 0) is 89.9 Å². The molecular weight excluding hydrogens is 781 g/mol. The number of nitrogens with one attached hydrogen (secondary N) is 1. The third kappa shape index (κ3) is 41.4. The fraction of sp³-hybridized carbons (Fsp3) is 0.646. The first-order valence-corrected chi connectivity index (χ1v) is 24.1.